The Kier molecular flexibility index (Phi) is 4.77. The van der Waals surface area contributed by atoms with Gasteiger partial charge >= 0.3 is 0 Å². The molecule has 0 fully saturated rings. The number of anilines is 2. The van der Waals surface area contributed by atoms with Gasteiger partial charge in [0.25, 0.3) is 5.91 Å². The lowest BCUT2D eigenvalue weighted by atomic mass is 10.3. The first-order chi connectivity index (χ1) is 7.95. The molecule has 1 aromatic rings. The van der Waals surface area contributed by atoms with Gasteiger partial charge in [0, 0.05) is 19.6 Å². The van der Waals surface area contributed by atoms with Crippen LogP contribution in [0.3, 0.4) is 0 Å². The van der Waals surface area contributed by atoms with E-state index in [1.54, 1.807) is 13.1 Å². The maximum Gasteiger partial charge on any atom is 0.263 e. The molecule has 1 rings (SSSR count). The molecule has 6 heteroatoms. The van der Waals surface area contributed by atoms with Gasteiger partial charge in [0.1, 0.15) is 4.88 Å². The zero-order valence-electron chi connectivity index (χ0n) is 10.7. The van der Waals surface area contributed by atoms with E-state index in [2.05, 4.69) is 22.5 Å². The van der Waals surface area contributed by atoms with Gasteiger partial charge in [-0.1, -0.05) is 0 Å². The second kappa shape index (κ2) is 5.88. The zero-order valence-corrected chi connectivity index (χ0v) is 11.5. The fourth-order valence-corrected chi connectivity index (χ4v) is 2.15. The third-order valence-corrected chi connectivity index (χ3v) is 3.75. The third-order valence-electron chi connectivity index (χ3n) is 2.65. The van der Waals surface area contributed by atoms with Crippen molar-refractivity contribution in [2.75, 3.05) is 38.7 Å². The average Bonchev–Trinajstić information content (AvgIpc) is 2.66. The molecule has 0 spiro atoms. The molecule has 0 aliphatic rings. The standard InChI is InChI=1S/C11H20N4OS/c1-7(15(3)4)6-14-9-5-8(12)10(17-9)11(16)13-2/h5,7,14H,6,12H2,1-4H3,(H,13,16). The third kappa shape index (κ3) is 3.61. The zero-order chi connectivity index (χ0) is 13.0. The molecular weight excluding hydrogens is 236 g/mol. The number of amides is 1. The summed E-state index contributed by atoms with van der Waals surface area (Å²) in [6, 6.07) is 2.22. The number of carbonyl (C=O) groups is 1. The molecule has 0 bridgehead atoms. The minimum absolute atomic E-state index is 0.138. The largest absolute Gasteiger partial charge is 0.397 e. The van der Waals surface area contributed by atoms with Crippen molar-refractivity contribution in [2.45, 2.75) is 13.0 Å². The molecule has 0 saturated carbocycles. The fourth-order valence-electron chi connectivity index (χ4n) is 1.21. The smallest absolute Gasteiger partial charge is 0.263 e. The van der Waals surface area contributed by atoms with Crippen LogP contribution >= 0.6 is 11.3 Å². The van der Waals surface area contributed by atoms with Gasteiger partial charge in [-0.15, -0.1) is 11.3 Å². The van der Waals surface area contributed by atoms with Gasteiger partial charge in [-0.2, -0.15) is 0 Å². The van der Waals surface area contributed by atoms with Crippen LogP contribution in [0.2, 0.25) is 0 Å². The lowest BCUT2D eigenvalue weighted by Gasteiger charge is -2.19. The van der Waals surface area contributed by atoms with Gasteiger partial charge in [-0.3, -0.25) is 4.79 Å². The van der Waals surface area contributed by atoms with Gasteiger partial charge in [0.05, 0.1) is 10.7 Å². The molecule has 17 heavy (non-hydrogen) atoms. The number of hydrogen-bond donors (Lipinski definition) is 3. The number of nitrogens with two attached hydrogens (primary N) is 1. The molecule has 0 aromatic carbocycles. The average molecular weight is 256 g/mol. The summed E-state index contributed by atoms with van der Waals surface area (Å²) < 4.78 is 0. The van der Waals surface area contributed by atoms with Gasteiger partial charge < -0.3 is 21.3 Å². The first kappa shape index (κ1) is 13.8. The fraction of sp³-hybridized carbons (Fsp3) is 0.545. The van der Waals surface area contributed by atoms with Crippen molar-refractivity contribution in [3.05, 3.63) is 10.9 Å². The number of rotatable bonds is 5. The summed E-state index contributed by atoms with van der Waals surface area (Å²) in [6.07, 6.45) is 0. The van der Waals surface area contributed by atoms with Crippen LogP contribution in [0.5, 0.6) is 0 Å². The first-order valence-corrected chi connectivity index (χ1v) is 6.29. The second-order valence-electron chi connectivity index (χ2n) is 4.17. The molecule has 0 aliphatic heterocycles. The van der Waals surface area contributed by atoms with Crippen LogP contribution in [-0.2, 0) is 0 Å². The van der Waals surface area contributed by atoms with Crippen LogP contribution in [0, 0.1) is 0 Å². The van der Waals surface area contributed by atoms with Gasteiger partial charge in [-0.25, -0.2) is 0 Å². The molecule has 1 atom stereocenters. The van der Waals surface area contributed by atoms with Crippen LogP contribution in [0.4, 0.5) is 10.7 Å². The van der Waals surface area contributed by atoms with E-state index in [-0.39, 0.29) is 5.91 Å². The van der Waals surface area contributed by atoms with E-state index in [1.807, 2.05) is 14.1 Å². The molecule has 0 radical (unpaired) electrons. The number of nitrogen functional groups attached to an aromatic ring is 1. The molecule has 1 heterocycles. The van der Waals surface area contributed by atoms with Crippen LogP contribution < -0.4 is 16.4 Å². The summed E-state index contributed by atoms with van der Waals surface area (Å²) in [7, 11) is 5.67. The van der Waals surface area contributed by atoms with Crippen LogP contribution in [-0.4, -0.2) is 44.5 Å². The minimum Gasteiger partial charge on any atom is -0.397 e. The Hall–Kier alpha value is -1.27. The summed E-state index contributed by atoms with van der Waals surface area (Å²) in [5.41, 5.74) is 6.31. The van der Waals surface area contributed by atoms with Crippen molar-refractivity contribution in [1.29, 1.82) is 0 Å². The summed E-state index contributed by atoms with van der Waals surface area (Å²) in [4.78, 5) is 14.2. The van der Waals surface area contributed by atoms with E-state index < -0.39 is 0 Å². The number of nitrogens with one attached hydrogen (secondary N) is 2. The monoisotopic (exact) mass is 256 g/mol. The molecular formula is C11H20N4OS. The highest BCUT2D eigenvalue weighted by molar-refractivity contribution is 7.18. The van der Waals surface area contributed by atoms with E-state index in [1.165, 1.54) is 11.3 Å². The normalized spacial score (nSPS) is 12.5. The highest BCUT2D eigenvalue weighted by atomic mass is 32.1. The van der Waals surface area contributed by atoms with E-state index in [9.17, 15) is 4.79 Å². The van der Waals surface area contributed by atoms with Crippen LogP contribution in [0.15, 0.2) is 6.07 Å². The number of carbonyl (C=O) groups excluding carboxylic acids is 1. The lowest BCUT2D eigenvalue weighted by molar-refractivity contribution is 0.0968. The number of nitrogens with zero attached hydrogens (tertiary/aromatic N) is 1. The van der Waals surface area contributed by atoms with E-state index >= 15 is 0 Å². The predicted octanol–water partition coefficient (Wildman–Crippen LogP) is 1.05. The highest BCUT2D eigenvalue weighted by Crippen LogP contribution is 2.28. The quantitative estimate of drug-likeness (QED) is 0.736. The summed E-state index contributed by atoms with van der Waals surface area (Å²) in [5.74, 6) is -0.138. The first-order valence-electron chi connectivity index (χ1n) is 5.47. The van der Waals surface area contributed by atoms with Crippen LogP contribution in [0.1, 0.15) is 16.6 Å². The number of hydrogen-bond acceptors (Lipinski definition) is 5. The van der Waals surface area contributed by atoms with E-state index in [0.717, 1.165) is 11.5 Å². The lowest BCUT2D eigenvalue weighted by Crippen LogP contribution is -2.31. The van der Waals surface area contributed by atoms with E-state index in [0.29, 0.717) is 16.6 Å². The van der Waals surface area contributed by atoms with Gasteiger partial charge in [-0.05, 0) is 27.1 Å². The molecule has 96 valence electrons. The Morgan fingerprint density at radius 3 is 2.76 bits per heavy atom. The van der Waals surface area contributed by atoms with Crippen LogP contribution in [0.25, 0.3) is 0 Å². The van der Waals surface area contributed by atoms with Crippen molar-refractivity contribution in [2.24, 2.45) is 0 Å². The Bertz CT molecular complexity index is 389. The molecule has 1 unspecified atom stereocenters. The van der Waals surface area contributed by atoms with Crippen molar-refractivity contribution in [1.82, 2.24) is 10.2 Å². The number of thiophene rings is 1. The summed E-state index contributed by atoms with van der Waals surface area (Å²) in [5, 5.41) is 6.78. The Balaban J connectivity index is 2.65. The van der Waals surface area contributed by atoms with E-state index in [4.69, 9.17) is 5.73 Å². The Morgan fingerprint density at radius 2 is 2.24 bits per heavy atom. The molecule has 5 nitrogen and oxygen atoms in total. The molecule has 0 aliphatic carbocycles. The minimum atomic E-state index is -0.138. The molecule has 1 aromatic heterocycles. The topological polar surface area (TPSA) is 70.4 Å². The second-order valence-corrected chi connectivity index (χ2v) is 5.22. The molecule has 4 N–H and O–H groups in total. The number of likely N-dealkylation sites (N-methyl/N-ethyl adjacent to an activating group) is 1. The Morgan fingerprint density at radius 1 is 1.59 bits per heavy atom. The van der Waals surface area contributed by atoms with Crippen molar-refractivity contribution in [3.8, 4) is 0 Å². The SMILES string of the molecule is CNC(=O)c1sc(NCC(C)N(C)C)cc1N. The van der Waals surface area contributed by atoms with Crippen molar-refractivity contribution < 1.29 is 4.79 Å². The summed E-state index contributed by atoms with van der Waals surface area (Å²) in [6.45, 7) is 2.95. The van der Waals surface area contributed by atoms with Gasteiger partial charge in [0.2, 0.25) is 0 Å². The molecule has 1 amide bonds. The maximum atomic E-state index is 11.5. The van der Waals surface area contributed by atoms with Gasteiger partial charge in [0.15, 0.2) is 0 Å². The van der Waals surface area contributed by atoms with Crippen molar-refractivity contribution >= 4 is 27.9 Å². The van der Waals surface area contributed by atoms with Crippen molar-refractivity contribution in [3.63, 3.8) is 0 Å². The highest BCUT2D eigenvalue weighted by Gasteiger charge is 2.13. The summed E-state index contributed by atoms with van der Waals surface area (Å²) >= 11 is 1.38. The Labute approximate surface area is 106 Å². The maximum absolute atomic E-state index is 11.5. The predicted molar refractivity (Wildman–Crippen MR) is 73.8 cm³/mol. The molecule has 0 saturated heterocycles.